The van der Waals surface area contributed by atoms with Crippen LogP contribution in [0.25, 0.3) is 0 Å². The van der Waals surface area contributed by atoms with Crippen molar-refractivity contribution in [3.63, 3.8) is 0 Å². The molecule has 0 heterocycles. The maximum absolute atomic E-state index is 12.8. The summed E-state index contributed by atoms with van der Waals surface area (Å²) >= 11 is 0. The van der Waals surface area contributed by atoms with E-state index in [-0.39, 0.29) is 23.8 Å². The monoisotopic (exact) mass is 332 g/mol. The van der Waals surface area contributed by atoms with E-state index in [2.05, 4.69) is 10.6 Å². The Labute approximate surface area is 144 Å². The summed E-state index contributed by atoms with van der Waals surface area (Å²) in [5.41, 5.74) is 2.06. The van der Waals surface area contributed by atoms with Crippen LogP contribution in [-0.2, 0) is 9.59 Å². The normalized spacial score (nSPS) is 17.2. The van der Waals surface area contributed by atoms with Gasteiger partial charge in [-0.1, -0.05) is 30.5 Å². The topological polar surface area (TPSA) is 67.4 Å². The van der Waals surface area contributed by atoms with Crippen LogP contribution in [0.3, 0.4) is 0 Å². The zero-order chi connectivity index (χ0) is 17.7. The summed E-state index contributed by atoms with van der Waals surface area (Å²) in [5.74, 6) is 0.696. The molecule has 2 N–H and O–H groups in total. The van der Waals surface area contributed by atoms with Crippen LogP contribution in [0.5, 0.6) is 5.75 Å². The zero-order valence-electron chi connectivity index (χ0n) is 15.0. The molecule has 1 aliphatic rings. The molecule has 2 atom stereocenters. The molecular weight excluding hydrogens is 304 g/mol. The van der Waals surface area contributed by atoms with Crippen molar-refractivity contribution in [1.82, 2.24) is 10.6 Å². The van der Waals surface area contributed by atoms with Crippen LogP contribution in [0.4, 0.5) is 0 Å². The van der Waals surface area contributed by atoms with E-state index in [0.717, 1.165) is 42.6 Å². The lowest BCUT2D eigenvalue weighted by molar-refractivity contribution is -0.129. The fourth-order valence-electron chi connectivity index (χ4n) is 3.48. The minimum Gasteiger partial charge on any atom is -0.496 e. The lowest BCUT2D eigenvalue weighted by atomic mass is 9.96. The van der Waals surface area contributed by atoms with Gasteiger partial charge in [-0.2, -0.15) is 0 Å². The Morgan fingerprint density at radius 1 is 1.21 bits per heavy atom. The quantitative estimate of drug-likeness (QED) is 0.842. The van der Waals surface area contributed by atoms with Crippen molar-refractivity contribution in [2.45, 2.75) is 58.5 Å². The van der Waals surface area contributed by atoms with Crippen molar-refractivity contribution < 1.29 is 14.3 Å². The summed E-state index contributed by atoms with van der Waals surface area (Å²) in [4.78, 5) is 24.3. The third kappa shape index (κ3) is 4.49. The largest absolute Gasteiger partial charge is 0.496 e. The van der Waals surface area contributed by atoms with E-state index >= 15 is 0 Å². The summed E-state index contributed by atoms with van der Waals surface area (Å²) in [6.45, 7) is 5.41. The van der Waals surface area contributed by atoms with Gasteiger partial charge < -0.3 is 15.4 Å². The number of nitrogens with one attached hydrogen (secondary N) is 2. The fourth-order valence-corrected chi connectivity index (χ4v) is 3.48. The minimum absolute atomic E-state index is 0.117. The molecule has 0 aliphatic heterocycles. The van der Waals surface area contributed by atoms with Gasteiger partial charge in [0.05, 0.1) is 13.2 Å². The predicted molar refractivity (Wildman–Crippen MR) is 93.9 cm³/mol. The van der Waals surface area contributed by atoms with Crippen LogP contribution in [-0.4, -0.2) is 25.0 Å². The third-order valence-corrected chi connectivity index (χ3v) is 4.72. The highest BCUT2D eigenvalue weighted by Crippen LogP contribution is 2.29. The predicted octanol–water partition coefficient (Wildman–Crippen LogP) is 2.88. The standard InChI is InChI=1S/C19H28N2O3/c1-12-9-10-17(24-4)16(11-12)13(2)20-19(23)18(21-14(3)22)15-7-5-6-8-15/h9-11,13,15,18H,5-8H2,1-4H3,(H,20,23)(H,21,22). The van der Waals surface area contributed by atoms with E-state index in [9.17, 15) is 9.59 Å². The van der Waals surface area contributed by atoms with Crippen LogP contribution in [0.15, 0.2) is 18.2 Å². The van der Waals surface area contributed by atoms with Gasteiger partial charge in [-0.15, -0.1) is 0 Å². The highest BCUT2D eigenvalue weighted by atomic mass is 16.5. The van der Waals surface area contributed by atoms with Crippen LogP contribution < -0.4 is 15.4 Å². The highest BCUT2D eigenvalue weighted by molar-refractivity contribution is 5.87. The minimum atomic E-state index is -0.455. The van der Waals surface area contributed by atoms with Gasteiger partial charge in [0.15, 0.2) is 0 Å². The molecule has 0 aromatic heterocycles. The Balaban J connectivity index is 2.13. The van der Waals surface area contributed by atoms with E-state index in [1.807, 2.05) is 32.0 Å². The summed E-state index contributed by atoms with van der Waals surface area (Å²) in [6, 6.07) is 5.27. The molecule has 0 saturated heterocycles. The highest BCUT2D eigenvalue weighted by Gasteiger charge is 2.32. The number of rotatable bonds is 6. The Kier molecular flexibility index (Phi) is 6.23. The Bertz CT molecular complexity index is 594. The first-order valence-corrected chi connectivity index (χ1v) is 8.64. The van der Waals surface area contributed by atoms with Gasteiger partial charge in [0.1, 0.15) is 11.8 Å². The summed E-state index contributed by atoms with van der Waals surface area (Å²) < 4.78 is 5.41. The molecule has 0 spiro atoms. The second kappa shape index (κ2) is 8.18. The smallest absolute Gasteiger partial charge is 0.243 e. The van der Waals surface area contributed by atoms with Crippen molar-refractivity contribution >= 4 is 11.8 Å². The van der Waals surface area contributed by atoms with Crippen LogP contribution in [0.1, 0.15) is 56.7 Å². The summed E-state index contributed by atoms with van der Waals surface area (Å²) in [7, 11) is 1.63. The molecule has 1 aliphatic carbocycles. The van der Waals surface area contributed by atoms with E-state index in [4.69, 9.17) is 4.74 Å². The van der Waals surface area contributed by atoms with Crippen LogP contribution in [0.2, 0.25) is 0 Å². The molecule has 0 radical (unpaired) electrons. The lowest BCUT2D eigenvalue weighted by Crippen LogP contribution is -2.50. The van der Waals surface area contributed by atoms with E-state index in [1.54, 1.807) is 7.11 Å². The SMILES string of the molecule is COc1ccc(C)cc1C(C)NC(=O)C(NC(C)=O)C1CCCC1. The second-order valence-corrected chi connectivity index (χ2v) is 6.70. The summed E-state index contributed by atoms with van der Waals surface area (Å²) in [6.07, 6.45) is 4.21. The molecule has 2 unspecified atom stereocenters. The molecule has 0 bridgehead atoms. The maximum atomic E-state index is 12.8. The first-order valence-electron chi connectivity index (χ1n) is 8.64. The molecule has 2 amide bonds. The molecule has 5 nitrogen and oxygen atoms in total. The van der Waals surface area contributed by atoms with Gasteiger partial charge in [-0.05, 0) is 38.7 Å². The average molecular weight is 332 g/mol. The van der Waals surface area contributed by atoms with Gasteiger partial charge in [0.25, 0.3) is 0 Å². The van der Waals surface area contributed by atoms with Gasteiger partial charge in [-0.3, -0.25) is 9.59 Å². The molecule has 132 valence electrons. The van der Waals surface area contributed by atoms with Crippen LogP contribution in [0, 0.1) is 12.8 Å². The lowest BCUT2D eigenvalue weighted by Gasteiger charge is -2.26. The van der Waals surface area contributed by atoms with Crippen molar-refractivity contribution in [3.8, 4) is 5.75 Å². The van der Waals surface area contributed by atoms with Gasteiger partial charge in [0.2, 0.25) is 11.8 Å². The van der Waals surface area contributed by atoms with Gasteiger partial charge >= 0.3 is 0 Å². The van der Waals surface area contributed by atoms with E-state index in [1.165, 1.54) is 6.92 Å². The number of hydrogen-bond donors (Lipinski definition) is 2. The number of carbonyl (C=O) groups is 2. The third-order valence-electron chi connectivity index (χ3n) is 4.72. The maximum Gasteiger partial charge on any atom is 0.243 e. The first-order chi connectivity index (χ1) is 11.4. The van der Waals surface area contributed by atoms with Gasteiger partial charge in [0, 0.05) is 12.5 Å². The second-order valence-electron chi connectivity index (χ2n) is 6.70. The zero-order valence-corrected chi connectivity index (χ0v) is 15.0. The van der Waals surface area contributed by atoms with E-state index < -0.39 is 6.04 Å². The molecule has 2 rings (SSSR count). The van der Waals surface area contributed by atoms with E-state index in [0.29, 0.717) is 0 Å². The molecule has 1 aromatic carbocycles. The number of amides is 2. The molecule has 1 fully saturated rings. The number of hydrogen-bond acceptors (Lipinski definition) is 3. The van der Waals surface area contributed by atoms with Crippen molar-refractivity contribution in [1.29, 1.82) is 0 Å². The molecular formula is C19H28N2O3. The molecule has 1 aromatic rings. The number of aryl methyl sites for hydroxylation is 1. The van der Waals surface area contributed by atoms with Crippen LogP contribution >= 0.6 is 0 Å². The Morgan fingerprint density at radius 3 is 2.46 bits per heavy atom. The van der Waals surface area contributed by atoms with Crippen molar-refractivity contribution in [2.24, 2.45) is 5.92 Å². The van der Waals surface area contributed by atoms with Crippen molar-refractivity contribution in [2.75, 3.05) is 7.11 Å². The Hall–Kier alpha value is -2.04. The number of carbonyl (C=O) groups excluding carboxylic acids is 2. The number of methoxy groups -OCH3 is 1. The number of benzene rings is 1. The summed E-state index contributed by atoms with van der Waals surface area (Å²) in [5, 5.41) is 5.88. The molecule has 24 heavy (non-hydrogen) atoms. The van der Waals surface area contributed by atoms with Gasteiger partial charge in [-0.25, -0.2) is 0 Å². The average Bonchev–Trinajstić information content (AvgIpc) is 3.06. The number of ether oxygens (including phenoxy) is 1. The first kappa shape index (κ1) is 18.3. The van der Waals surface area contributed by atoms with Crippen molar-refractivity contribution in [3.05, 3.63) is 29.3 Å². The molecule has 1 saturated carbocycles. The Morgan fingerprint density at radius 2 is 1.88 bits per heavy atom. The fraction of sp³-hybridized carbons (Fsp3) is 0.579. The molecule has 5 heteroatoms.